The van der Waals surface area contributed by atoms with Crippen molar-refractivity contribution in [2.24, 2.45) is 0 Å². The maximum absolute atomic E-state index is 5.41. The van der Waals surface area contributed by atoms with Gasteiger partial charge < -0.3 is 9.42 Å². The lowest BCUT2D eigenvalue weighted by molar-refractivity contribution is 0.378. The molecule has 108 valence electrons. The van der Waals surface area contributed by atoms with Crippen LogP contribution in [0.2, 0.25) is 0 Å². The first-order chi connectivity index (χ1) is 10.2. The smallest absolute Gasteiger partial charge is 0.141 e. The summed E-state index contributed by atoms with van der Waals surface area (Å²) in [7, 11) is 2.03. The Morgan fingerprint density at radius 1 is 1.38 bits per heavy atom. The van der Waals surface area contributed by atoms with Crippen LogP contribution in [0.4, 0.5) is 5.82 Å². The summed E-state index contributed by atoms with van der Waals surface area (Å²) in [4.78, 5) is 12.2. The van der Waals surface area contributed by atoms with Crippen molar-refractivity contribution in [1.29, 1.82) is 0 Å². The van der Waals surface area contributed by atoms with E-state index in [2.05, 4.69) is 37.5 Å². The van der Waals surface area contributed by atoms with Crippen LogP contribution in [0, 0.1) is 6.92 Å². The monoisotopic (exact) mass is 300 g/mol. The van der Waals surface area contributed by atoms with Crippen molar-refractivity contribution in [3.05, 3.63) is 34.8 Å². The van der Waals surface area contributed by atoms with Crippen LogP contribution in [-0.4, -0.2) is 22.2 Å². The molecule has 1 saturated carbocycles. The van der Waals surface area contributed by atoms with Gasteiger partial charge in [0.25, 0.3) is 0 Å². The molecule has 5 nitrogen and oxygen atoms in total. The maximum atomic E-state index is 5.41. The quantitative estimate of drug-likeness (QED) is 0.738. The van der Waals surface area contributed by atoms with Crippen LogP contribution in [0.1, 0.15) is 36.0 Å². The second-order valence-electron chi connectivity index (χ2n) is 5.58. The number of aromatic nitrogens is 3. The van der Waals surface area contributed by atoms with Gasteiger partial charge in [-0.15, -0.1) is 11.3 Å². The van der Waals surface area contributed by atoms with Crippen molar-refractivity contribution >= 4 is 27.4 Å². The van der Waals surface area contributed by atoms with E-state index >= 15 is 0 Å². The van der Waals surface area contributed by atoms with E-state index in [1.807, 2.05) is 14.0 Å². The standard InChI is InChI=1S/C15H16N4OS/c1-9-16-14(12-5-6-21-15(12)17-9)19(2)8-11-7-13(20-18-11)10-3-4-10/h5-7,10H,3-4,8H2,1-2H3. The van der Waals surface area contributed by atoms with Crippen molar-refractivity contribution in [3.8, 4) is 0 Å². The van der Waals surface area contributed by atoms with E-state index in [0.29, 0.717) is 12.5 Å². The SMILES string of the molecule is Cc1nc(N(C)Cc2cc(C3CC3)on2)c2ccsc2n1. The Kier molecular flexibility index (Phi) is 2.92. The van der Waals surface area contributed by atoms with Gasteiger partial charge in [0.15, 0.2) is 0 Å². The molecule has 3 aromatic heterocycles. The van der Waals surface area contributed by atoms with Gasteiger partial charge in [-0.25, -0.2) is 9.97 Å². The van der Waals surface area contributed by atoms with Crippen LogP contribution < -0.4 is 4.90 Å². The fourth-order valence-corrected chi connectivity index (χ4v) is 3.32. The summed E-state index contributed by atoms with van der Waals surface area (Å²) in [5.74, 6) is 3.37. The zero-order valence-electron chi connectivity index (χ0n) is 12.0. The summed E-state index contributed by atoms with van der Waals surface area (Å²) in [6.07, 6.45) is 2.45. The molecule has 0 N–H and O–H groups in total. The van der Waals surface area contributed by atoms with Crippen LogP contribution in [-0.2, 0) is 6.54 Å². The molecule has 1 fully saturated rings. The third-order valence-electron chi connectivity index (χ3n) is 3.73. The molecule has 0 saturated heterocycles. The molecule has 21 heavy (non-hydrogen) atoms. The second-order valence-corrected chi connectivity index (χ2v) is 6.48. The van der Waals surface area contributed by atoms with Gasteiger partial charge >= 0.3 is 0 Å². The molecule has 3 heterocycles. The molecule has 3 aromatic rings. The highest BCUT2D eigenvalue weighted by atomic mass is 32.1. The third-order valence-corrected chi connectivity index (χ3v) is 4.54. The minimum absolute atomic E-state index is 0.599. The number of anilines is 1. The fraction of sp³-hybridized carbons (Fsp3) is 0.400. The first-order valence-corrected chi connectivity index (χ1v) is 7.97. The first-order valence-electron chi connectivity index (χ1n) is 7.09. The Hall–Kier alpha value is -1.95. The molecular formula is C15H16N4OS. The molecule has 0 bridgehead atoms. The van der Waals surface area contributed by atoms with E-state index in [4.69, 9.17) is 4.52 Å². The van der Waals surface area contributed by atoms with E-state index in [-0.39, 0.29) is 0 Å². The van der Waals surface area contributed by atoms with Gasteiger partial charge in [0, 0.05) is 19.0 Å². The Balaban J connectivity index is 1.62. The summed E-state index contributed by atoms with van der Waals surface area (Å²) < 4.78 is 5.41. The average molecular weight is 300 g/mol. The van der Waals surface area contributed by atoms with Crippen molar-refractivity contribution in [3.63, 3.8) is 0 Å². The van der Waals surface area contributed by atoms with E-state index in [0.717, 1.165) is 33.3 Å². The number of rotatable bonds is 4. The Labute approximate surface area is 126 Å². The van der Waals surface area contributed by atoms with Gasteiger partial charge in [0.1, 0.15) is 27.9 Å². The van der Waals surface area contributed by atoms with E-state index in [1.54, 1.807) is 11.3 Å². The number of hydrogen-bond acceptors (Lipinski definition) is 6. The molecule has 0 unspecified atom stereocenters. The number of nitrogens with zero attached hydrogens (tertiary/aromatic N) is 4. The second kappa shape index (κ2) is 4.80. The highest BCUT2D eigenvalue weighted by molar-refractivity contribution is 7.16. The lowest BCUT2D eigenvalue weighted by atomic mass is 10.2. The van der Waals surface area contributed by atoms with E-state index in [1.165, 1.54) is 12.8 Å². The molecule has 0 aliphatic heterocycles. The molecule has 0 aromatic carbocycles. The lowest BCUT2D eigenvalue weighted by Gasteiger charge is -2.17. The van der Waals surface area contributed by atoms with Crippen molar-refractivity contribution < 1.29 is 4.52 Å². The van der Waals surface area contributed by atoms with Crippen LogP contribution in [0.3, 0.4) is 0 Å². The van der Waals surface area contributed by atoms with Crippen molar-refractivity contribution in [1.82, 2.24) is 15.1 Å². The lowest BCUT2D eigenvalue weighted by Crippen LogP contribution is -2.18. The molecule has 1 aliphatic carbocycles. The minimum atomic E-state index is 0.599. The van der Waals surface area contributed by atoms with Crippen LogP contribution in [0.25, 0.3) is 10.2 Å². The molecule has 4 rings (SSSR count). The highest BCUT2D eigenvalue weighted by Crippen LogP contribution is 2.40. The third kappa shape index (κ3) is 2.40. The largest absolute Gasteiger partial charge is 0.361 e. The Bertz CT molecular complexity index is 790. The summed E-state index contributed by atoms with van der Waals surface area (Å²) in [5.41, 5.74) is 0.957. The predicted molar refractivity (Wildman–Crippen MR) is 82.7 cm³/mol. The Morgan fingerprint density at radius 2 is 2.24 bits per heavy atom. The van der Waals surface area contributed by atoms with Gasteiger partial charge in [0.2, 0.25) is 0 Å². The first kappa shape index (κ1) is 12.8. The molecule has 0 spiro atoms. The van der Waals surface area contributed by atoms with E-state index < -0.39 is 0 Å². The zero-order valence-corrected chi connectivity index (χ0v) is 12.9. The Morgan fingerprint density at radius 3 is 3.05 bits per heavy atom. The summed E-state index contributed by atoms with van der Waals surface area (Å²) in [6.45, 7) is 2.62. The van der Waals surface area contributed by atoms with Gasteiger partial charge in [-0.1, -0.05) is 5.16 Å². The van der Waals surface area contributed by atoms with Gasteiger partial charge in [-0.3, -0.25) is 0 Å². The zero-order chi connectivity index (χ0) is 14.4. The number of fused-ring (bicyclic) bond motifs is 1. The molecule has 1 aliphatic rings. The highest BCUT2D eigenvalue weighted by Gasteiger charge is 2.28. The van der Waals surface area contributed by atoms with Crippen molar-refractivity contribution in [2.45, 2.75) is 32.2 Å². The molecule has 6 heteroatoms. The van der Waals surface area contributed by atoms with Crippen LogP contribution >= 0.6 is 11.3 Å². The van der Waals surface area contributed by atoms with Crippen LogP contribution in [0.15, 0.2) is 22.0 Å². The van der Waals surface area contributed by atoms with E-state index in [9.17, 15) is 0 Å². The molecule has 0 atom stereocenters. The van der Waals surface area contributed by atoms with Crippen LogP contribution in [0.5, 0.6) is 0 Å². The minimum Gasteiger partial charge on any atom is -0.361 e. The fourth-order valence-electron chi connectivity index (χ4n) is 2.52. The molecule has 0 radical (unpaired) electrons. The number of hydrogen-bond donors (Lipinski definition) is 0. The molecule has 0 amide bonds. The maximum Gasteiger partial charge on any atom is 0.141 e. The van der Waals surface area contributed by atoms with Crippen molar-refractivity contribution in [2.75, 3.05) is 11.9 Å². The summed E-state index contributed by atoms with van der Waals surface area (Å²) in [5, 5.41) is 7.32. The van der Waals surface area contributed by atoms with Gasteiger partial charge in [0.05, 0.1) is 11.9 Å². The number of thiophene rings is 1. The normalized spacial score (nSPS) is 14.8. The predicted octanol–water partition coefficient (Wildman–Crippen LogP) is 3.50. The van der Waals surface area contributed by atoms with Gasteiger partial charge in [-0.2, -0.15) is 0 Å². The summed E-state index contributed by atoms with van der Waals surface area (Å²) >= 11 is 1.64. The molecular weight excluding hydrogens is 284 g/mol. The average Bonchev–Trinajstić information content (AvgIpc) is 3.02. The topological polar surface area (TPSA) is 55.1 Å². The number of aryl methyl sites for hydroxylation is 1. The van der Waals surface area contributed by atoms with Gasteiger partial charge in [-0.05, 0) is 31.2 Å². The summed E-state index contributed by atoms with van der Waals surface area (Å²) in [6, 6.07) is 4.15.